The Bertz CT molecular complexity index is 258. The van der Waals surface area contributed by atoms with E-state index in [0.29, 0.717) is 24.4 Å². The molecule has 1 aliphatic rings. The Hall–Kier alpha value is -0.280. The molecule has 4 atom stereocenters. The van der Waals surface area contributed by atoms with Crippen molar-refractivity contribution in [2.24, 2.45) is 29.4 Å². The van der Waals surface area contributed by atoms with Gasteiger partial charge in [-0.25, -0.2) is 0 Å². The fourth-order valence-corrected chi connectivity index (χ4v) is 2.80. The molecule has 0 aromatic heterocycles. The van der Waals surface area contributed by atoms with E-state index in [9.17, 15) is 4.79 Å². The highest BCUT2D eigenvalue weighted by Crippen LogP contribution is 2.33. The summed E-state index contributed by atoms with van der Waals surface area (Å²) in [4.78, 5) is 11.9. The smallest absolute Gasteiger partial charge is 0.224 e. The zero-order valence-electron chi connectivity index (χ0n) is 12.1. The normalized spacial score (nSPS) is 29.6. The van der Waals surface area contributed by atoms with Gasteiger partial charge >= 0.3 is 0 Å². The van der Waals surface area contributed by atoms with Gasteiger partial charge in [-0.05, 0) is 30.6 Å². The largest absolute Gasteiger partial charge is 0.353 e. The fourth-order valence-electron chi connectivity index (χ4n) is 2.80. The first-order valence-electron chi connectivity index (χ1n) is 6.96. The molecular weight excluding hydrogens is 248 g/mol. The summed E-state index contributed by atoms with van der Waals surface area (Å²) in [5.41, 5.74) is 5.54. The van der Waals surface area contributed by atoms with Crippen LogP contribution in [0.4, 0.5) is 0 Å². The summed E-state index contributed by atoms with van der Waals surface area (Å²) >= 11 is 0. The predicted octanol–water partition coefficient (Wildman–Crippen LogP) is 2.58. The summed E-state index contributed by atoms with van der Waals surface area (Å²) in [5.74, 6) is 2.04. The van der Waals surface area contributed by atoms with E-state index in [-0.39, 0.29) is 24.2 Å². The molecule has 3 nitrogen and oxygen atoms in total. The second-order valence-electron chi connectivity index (χ2n) is 6.08. The second kappa shape index (κ2) is 8.00. The summed E-state index contributed by atoms with van der Waals surface area (Å²) in [7, 11) is 0. The average molecular weight is 277 g/mol. The minimum absolute atomic E-state index is 0. The maximum Gasteiger partial charge on any atom is 0.224 e. The molecular formula is C14H29ClN2O. The Kier molecular flexibility index (Phi) is 7.88. The van der Waals surface area contributed by atoms with Crippen molar-refractivity contribution in [3.05, 3.63) is 0 Å². The minimum atomic E-state index is -0.0694. The van der Waals surface area contributed by atoms with Crippen molar-refractivity contribution in [3.8, 4) is 0 Å². The van der Waals surface area contributed by atoms with Crippen molar-refractivity contribution < 1.29 is 4.79 Å². The fraction of sp³-hybridized carbons (Fsp3) is 0.929. The summed E-state index contributed by atoms with van der Waals surface area (Å²) in [6.45, 7) is 9.12. The van der Waals surface area contributed by atoms with Crippen molar-refractivity contribution in [1.29, 1.82) is 0 Å². The molecule has 108 valence electrons. The maximum absolute atomic E-state index is 11.9. The minimum Gasteiger partial charge on any atom is -0.353 e. The van der Waals surface area contributed by atoms with Crippen LogP contribution >= 0.6 is 12.4 Å². The SMILES string of the molecule is CC1CCC(C(C)C)C(NC(=O)C(C)CN)C1.Cl. The van der Waals surface area contributed by atoms with E-state index in [1.165, 1.54) is 12.8 Å². The van der Waals surface area contributed by atoms with Gasteiger partial charge in [-0.15, -0.1) is 12.4 Å². The lowest BCUT2D eigenvalue weighted by molar-refractivity contribution is -0.125. The van der Waals surface area contributed by atoms with Crippen LogP contribution in [0.15, 0.2) is 0 Å². The number of hydrogen-bond donors (Lipinski definition) is 2. The lowest BCUT2D eigenvalue weighted by Gasteiger charge is -2.38. The van der Waals surface area contributed by atoms with Crippen molar-refractivity contribution in [2.45, 2.75) is 53.0 Å². The maximum atomic E-state index is 11.9. The number of amides is 1. The van der Waals surface area contributed by atoms with Crippen molar-refractivity contribution in [3.63, 3.8) is 0 Å². The quantitative estimate of drug-likeness (QED) is 0.829. The van der Waals surface area contributed by atoms with E-state index in [0.717, 1.165) is 12.3 Å². The number of halogens is 1. The van der Waals surface area contributed by atoms with Crippen LogP contribution in [-0.2, 0) is 4.79 Å². The van der Waals surface area contributed by atoms with Gasteiger partial charge in [0.1, 0.15) is 0 Å². The Labute approximate surface area is 118 Å². The molecule has 0 bridgehead atoms. The lowest BCUT2D eigenvalue weighted by atomic mass is 9.74. The number of nitrogens with one attached hydrogen (secondary N) is 1. The van der Waals surface area contributed by atoms with Crippen LogP contribution < -0.4 is 11.1 Å². The lowest BCUT2D eigenvalue weighted by Crippen LogP contribution is -2.48. The molecule has 0 heterocycles. The number of rotatable bonds is 4. The van der Waals surface area contributed by atoms with Crippen LogP contribution in [0.1, 0.15) is 47.0 Å². The van der Waals surface area contributed by atoms with Gasteiger partial charge in [0.15, 0.2) is 0 Å². The van der Waals surface area contributed by atoms with Crippen LogP contribution in [0.3, 0.4) is 0 Å². The van der Waals surface area contributed by atoms with Gasteiger partial charge in [0.05, 0.1) is 0 Å². The van der Waals surface area contributed by atoms with E-state index in [1.807, 2.05) is 6.92 Å². The second-order valence-corrected chi connectivity index (χ2v) is 6.08. The Balaban J connectivity index is 0.00000289. The third-order valence-electron chi connectivity index (χ3n) is 4.15. The Morgan fingerprint density at radius 3 is 2.44 bits per heavy atom. The van der Waals surface area contributed by atoms with Crippen LogP contribution in [0.25, 0.3) is 0 Å². The molecule has 1 rings (SSSR count). The molecule has 0 spiro atoms. The highest BCUT2D eigenvalue weighted by Gasteiger charge is 2.32. The molecule has 4 heteroatoms. The summed E-state index contributed by atoms with van der Waals surface area (Å²) in [6, 6.07) is 0.347. The molecule has 1 fully saturated rings. The van der Waals surface area contributed by atoms with Gasteiger partial charge in [0.25, 0.3) is 0 Å². The molecule has 0 aliphatic heterocycles. The van der Waals surface area contributed by atoms with E-state index in [1.54, 1.807) is 0 Å². The zero-order chi connectivity index (χ0) is 13.0. The summed E-state index contributed by atoms with van der Waals surface area (Å²) < 4.78 is 0. The molecule has 1 saturated carbocycles. The molecule has 18 heavy (non-hydrogen) atoms. The van der Waals surface area contributed by atoms with Crippen molar-refractivity contribution >= 4 is 18.3 Å². The van der Waals surface area contributed by atoms with Gasteiger partial charge in [0, 0.05) is 18.5 Å². The van der Waals surface area contributed by atoms with Crippen LogP contribution in [0.2, 0.25) is 0 Å². The van der Waals surface area contributed by atoms with Crippen LogP contribution in [0, 0.1) is 23.7 Å². The number of carbonyl (C=O) groups excluding carboxylic acids is 1. The molecule has 0 aromatic rings. The predicted molar refractivity (Wildman–Crippen MR) is 78.7 cm³/mol. The first-order valence-corrected chi connectivity index (χ1v) is 6.96. The first-order chi connectivity index (χ1) is 7.95. The van der Waals surface area contributed by atoms with E-state index < -0.39 is 0 Å². The number of hydrogen-bond acceptors (Lipinski definition) is 2. The van der Waals surface area contributed by atoms with Gasteiger partial charge in [0.2, 0.25) is 5.91 Å². The van der Waals surface area contributed by atoms with E-state index >= 15 is 0 Å². The van der Waals surface area contributed by atoms with Gasteiger partial charge in [-0.1, -0.05) is 34.1 Å². The highest BCUT2D eigenvalue weighted by molar-refractivity contribution is 5.85. The third kappa shape index (κ3) is 4.77. The third-order valence-corrected chi connectivity index (χ3v) is 4.15. The van der Waals surface area contributed by atoms with Crippen molar-refractivity contribution in [2.75, 3.05) is 6.54 Å². The van der Waals surface area contributed by atoms with Crippen molar-refractivity contribution in [1.82, 2.24) is 5.32 Å². The molecule has 1 amide bonds. The number of carbonyl (C=O) groups is 1. The Morgan fingerprint density at radius 2 is 1.94 bits per heavy atom. The molecule has 1 aliphatic carbocycles. The monoisotopic (exact) mass is 276 g/mol. The summed E-state index contributed by atoms with van der Waals surface area (Å²) in [6.07, 6.45) is 3.65. The average Bonchev–Trinajstić information content (AvgIpc) is 2.27. The molecule has 4 unspecified atom stereocenters. The summed E-state index contributed by atoms with van der Waals surface area (Å²) in [5, 5.41) is 3.21. The molecule has 0 radical (unpaired) electrons. The van der Waals surface area contributed by atoms with Gasteiger partial charge in [-0.2, -0.15) is 0 Å². The highest BCUT2D eigenvalue weighted by atomic mass is 35.5. The number of nitrogens with two attached hydrogens (primary N) is 1. The van der Waals surface area contributed by atoms with E-state index in [4.69, 9.17) is 5.73 Å². The molecule has 0 saturated heterocycles. The molecule has 3 N–H and O–H groups in total. The van der Waals surface area contributed by atoms with Crippen LogP contribution in [0.5, 0.6) is 0 Å². The Morgan fingerprint density at radius 1 is 1.33 bits per heavy atom. The standard InChI is InChI=1S/C14H28N2O.ClH/c1-9(2)12-6-5-10(3)7-13(12)16-14(17)11(4)8-15;/h9-13H,5-8,15H2,1-4H3,(H,16,17);1H. The topological polar surface area (TPSA) is 55.1 Å². The van der Waals surface area contributed by atoms with Crippen LogP contribution in [-0.4, -0.2) is 18.5 Å². The first kappa shape index (κ1) is 17.7. The molecule has 0 aromatic carbocycles. The van der Waals surface area contributed by atoms with Gasteiger partial charge in [-0.3, -0.25) is 4.79 Å². The van der Waals surface area contributed by atoms with E-state index in [2.05, 4.69) is 26.1 Å². The zero-order valence-corrected chi connectivity index (χ0v) is 12.9. The van der Waals surface area contributed by atoms with Gasteiger partial charge < -0.3 is 11.1 Å².